The van der Waals surface area contributed by atoms with Crippen LogP contribution in [0, 0.1) is 0 Å². The van der Waals surface area contributed by atoms with Gasteiger partial charge in [-0.3, -0.25) is 4.79 Å². The van der Waals surface area contributed by atoms with E-state index in [-0.39, 0.29) is 11.9 Å². The zero-order valence-electron chi connectivity index (χ0n) is 10.5. The van der Waals surface area contributed by atoms with Crippen molar-refractivity contribution in [2.24, 2.45) is 5.73 Å². The van der Waals surface area contributed by atoms with E-state index in [1.807, 2.05) is 21.1 Å². The third kappa shape index (κ3) is 6.47. The minimum absolute atomic E-state index is 0.0605. The first-order valence-corrected chi connectivity index (χ1v) is 5.64. The fourth-order valence-electron chi connectivity index (χ4n) is 1.29. The molecule has 2 N–H and O–H groups in total. The van der Waals surface area contributed by atoms with Crippen LogP contribution in [0.2, 0.25) is 0 Å². The Labute approximate surface area is 93.4 Å². The lowest BCUT2D eigenvalue weighted by atomic mass is 10.1. The van der Waals surface area contributed by atoms with Crippen molar-refractivity contribution in [3.63, 3.8) is 0 Å². The molecule has 0 aliphatic rings. The molecule has 1 amide bonds. The van der Waals surface area contributed by atoms with Gasteiger partial charge in [0.15, 0.2) is 0 Å². The smallest absolute Gasteiger partial charge is 0.239 e. The third-order valence-corrected chi connectivity index (χ3v) is 2.44. The number of nitrogens with two attached hydrogens (primary N) is 1. The molecule has 1 atom stereocenters. The lowest BCUT2D eigenvalue weighted by Crippen LogP contribution is -2.43. The summed E-state index contributed by atoms with van der Waals surface area (Å²) in [4.78, 5) is 15.5. The number of carbonyl (C=O) groups is 1. The van der Waals surface area contributed by atoms with Crippen molar-refractivity contribution in [3.8, 4) is 0 Å². The average molecular weight is 215 g/mol. The van der Waals surface area contributed by atoms with Crippen LogP contribution in [0.1, 0.15) is 26.2 Å². The van der Waals surface area contributed by atoms with Crippen LogP contribution in [-0.4, -0.2) is 56.0 Å². The van der Waals surface area contributed by atoms with Crippen LogP contribution in [-0.2, 0) is 4.79 Å². The normalized spacial score (nSPS) is 12.9. The summed E-state index contributed by atoms with van der Waals surface area (Å²) in [6.45, 7) is 3.72. The summed E-state index contributed by atoms with van der Waals surface area (Å²) >= 11 is 0. The Morgan fingerprint density at radius 2 is 1.87 bits per heavy atom. The summed E-state index contributed by atoms with van der Waals surface area (Å²) in [5, 5.41) is 0. The van der Waals surface area contributed by atoms with Gasteiger partial charge in [-0.2, -0.15) is 0 Å². The van der Waals surface area contributed by atoms with Gasteiger partial charge in [-0.05, 0) is 20.5 Å². The van der Waals surface area contributed by atoms with Crippen LogP contribution in [0.4, 0.5) is 0 Å². The lowest BCUT2D eigenvalue weighted by Gasteiger charge is -2.22. The Morgan fingerprint density at radius 3 is 2.33 bits per heavy atom. The van der Waals surface area contributed by atoms with Gasteiger partial charge >= 0.3 is 0 Å². The molecular weight excluding hydrogens is 190 g/mol. The van der Waals surface area contributed by atoms with Gasteiger partial charge in [0, 0.05) is 20.1 Å². The second kappa shape index (κ2) is 7.65. The van der Waals surface area contributed by atoms with Crippen molar-refractivity contribution in [2.75, 3.05) is 34.2 Å². The van der Waals surface area contributed by atoms with E-state index in [1.165, 1.54) is 0 Å². The summed E-state index contributed by atoms with van der Waals surface area (Å²) in [6.07, 6.45) is 2.90. The molecule has 0 spiro atoms. The monoisotopic (exact) mass is 215 g/mol. The maximum Gasteiger partial charge on any atom is 0.239 e. The predicted molar refractivity (Wildman–Crippen MR) is 63.7 cm³/mol. The molecule has 15 heavy (non-hydrogen) atoms. The summed E-state index contributed by atoms with van der Waals surface area (Å²) in [5.41, 5.74) is 5.81. The molecule has 4 heteroatoms. The van der Waals surface area contributed by atoms with Crippen LogP contribution >= 0.6 is 0 Å². The molecule has 0 heterocycles. The summed E-state index contributed by atoms with van der Waals surface area (Å²) in [7, 11) is 5.81. The number of hydrogen-bond donors (Lipinski definition) is 1. The zero-order chi connectivity index (χ0) is 11.8. The minimum Gasteiger partial charge on any atom is -0.343 e. The Hall–Kier alpha value is -0.610. The van der Waals surface area contributed by atoms with Crippen LogP contribution in [0.25, 0.3) is 0 Å². The third-order valence-electron chi connectivity index (χ3n) is 2.44. The van der Waals surface area contributed by atoms with E-state index in [0.29, 0.717) is 0 Å². The van der Waals surface area contributed by atoms with Crippen molar-refractivity contribution in [3.05, 3.63) is 0 Å². The van der Waals surface area contributed by atoms with Crippen molar-refractivity contribution >= 4 is 5.91 Å². The minimum atomic E-state index is -0.322. The molecule has 0 saturated carbocycles. The number of unbranched alkanes of at least 4 members (excludes halogenated alkanes) is 1. The SMILES string of the molecule is CCCCC(N)C(=O)N(C)CCN(C)C. The highest BCUT2D eigenvalue weighted by Gasteiger charge is 2.16. The van der Waals surface area contributed by atoms with Gasteiger partial charge in [-0.15, -0.1) is 0 Å². The van der Waals surface area contributed by atoms with Gasteiger partial charge in [0.2, 0.25) is 5.91 Å². The molecule has 0 radical (unpaired) electrons. The molecule has 0 aliphatic heterocycles. The number of carbonyl (C=O) groups excluding carboxylic acids is 1. The Balaban J connectivity index is 3.85. The highest BCUT2D eigenvalue weighted by Crippen LogP contribution is 2.01. The van der Waals surface area contributed by atoms with E-state index < -0.39 is 0 Å². The molecule has 0 bridgehead atoms. The first kappa shape index (κ1) is 14.4. The highest BCUT2D eigenvalue weighted by molar-refractivity contribution is 5.81. The van der Waals surface area contributed by atoms with Crippen molar-refractivity contribution in [1.29, 1.82) is 0 Å². The number of rotatable bonds is 7. The topological polar surface area (TPSA) is 49.6 Å². The zero-order valence-corrected chi connectivity index (χ0v) is 10.5. The average Bonchev–Trinajstić information content (AvgIpc) is 2.21. The molecule has 0 aromatic rings. The maximum atomic E-state index is 11.7. The number of amides is 1. The van der Waals surface area contributed by atoms with Crippen molar-refractivity contribution in [1.82, 2.24) is 9.80 Å². The summed E-state index contributed by atoms with van der Waals surface area (Å²) in [5.74, 6) is 0.0605. The van der Waals surface area contributed by atoms with E-state index in [4.69, 9.17) is 5.73 Å². The lowest BCUT2D eigenvalue weighted by molar-refractivity contribution is -0.131. The molecule has 90 valence electrons. The molecule has 0 saturated heterocycles. The van der Waals surface area contributed by atoms with Gasteiger partial charge in [-0.1, -0.05) is 19.8 Å². The number of hydrogen-bond acceptors (Lipinski definition) is 3. The Kier molecular flexibility index (Phi) is 7.34. The predicted octanol–water partition coefficient (Wildman–Crippen LogP) is 0.524. The van der Waals surface area contributed by atoms with E-state index in [0.717, 1.165) is 32.4 Å². The number of likely N-dealkylation sites (N-methyl/N-ethyl adjacent to an activating group) is 2. The van der Waals surface area contributed by atoms with Crippen LogP contribution < -0.4 is 5.73 Å². The van der Waals surface area contributed by atoms with E-state index in [1.54, 1.807) is 4.90 Å². The molecule has 0 aliphatic carbocycles. The Morgan fingerprint density at radius 1 is 1.27 bits per heavy atom. The summed E-state index contributed by atoms with van der Waals surface area (Å²) < 4.78 is 0. The fraction of sp³-hybridized carbons (Fsp3) is 0.909. The highest BCUT2D eigenvalue weighted by atomic mass is 16.2. The van der Waals surface area contributed by atoms with Crippen LogP contribution in [0.5, 0.6) is 0 Å². The van der Waals surface area contributed by atoms with Crippen LogP contribution in [0.3, 0.4) is 0 Å². The molecule has 0 aromatic heterocycles. The summed E-state index contributed by atoms with van der Waals surface area (Å²) in [6, 6.07) is -0.322. The van der Waals surface area contributed by atoms with E-state index in [9.17, 15) is 4.79 Å². The standard InChI is InChI=1S/C11H25N3O/c1-5-6-7-10(12)11(15)14(4)9-8-13(2)3/h10H,5-9,12H2,1-4H3. The maximum absolute atomic E-state index is 11.7. The molecule has 0 rings (SSSR count). The van der Waals surface area contributed by atoms with Gasteiger partial charge in [0.25, 0.3) is 0 Å². The van der Waals surface area contributed by atoms with Gasteiger partial charge in [0.05, 0.1) is 6.04 Å². The van der Waals surface area contributed by atoms with Gasteiger partial charge < -0.3 is 15.5 Å². The largest absolute Gasteiger partial charge is 0.343 e. The van der Waals surface area contributed by atoms with Gasteiger partial charge in [0.1, 0.15) is 0 Å². The molecule has 0 aromatic carbocycles. The van der Waals surface area contributed by atoms with Gasteiger partial charge in [-0.25, -0.2) is 0 Å². The van der Waals surface area contributed by atoms with Crippen molar-refractivity contribution < 1.29 is 4.79 Å². The van der Waals surface area contributed by atoms with Crippen molar-refractivity contribution in [2.45, 2.75) is 32.2 Å². The first-order valence-electron chi connectivity index (χ1n) is 5.64. The first-order chi connectivity index (χ1) is 6.99. The Bertz CT molecular complexity index is 183. The van der Waals surface area contributed by atoms with E-state index in [2.05, 4.69) is 11.8 Å². The molecule has 1 unspecified atom stereocenters. The molecule has 0 fully saturated rings. The molecule has 4 nitrogen and oxygen atoms in total. The van der Waals surface area contributed by atoms with Crippen LogP contribution in [0.15, 0.2) is 0 Å². The second-order valence-corrected chi connectivity index (χ2v) is 4.31. The van der Waals surface area contributed by atoms with E-state index >= 15 is 0 Å². The second-order valence-electron chi connectivity index (χ2n) is 4.31. The molecular formula is C11H25N3O. The number of nitrogens with zero attached hydrogens (tertiary/aromatic N) is 2. The quantitative estimate of drug-likeness (QED) is 0.674. The fourth-order valence-corrected chi connectivity index (χ4v) is 1.29.